The monoisotopic (exact) mass is 405 g/mol. The van der Waals surface area contributed by atoms with Crippen molar-refractivity contribution in [2.24, 2.45) is 0 Å². The first kappa shape index (κ1) is 20.6. The van der Waals surface area contributed by atoms with Gasteiger partial charge in [-0.15, -0.1) is 0 Å². The third-order valence-corrected chi connectivity index (χ3v) is 5.78. The minimum absolute atomic E-state index is 0.0193. The van der Waals surface area contributed by atoms with Crippen LogP contribution in [-0.2, 0) is 17.7 Å². The molecule has 1 saturated heterocycles. The second kappa shape index (κ2) is 9.88. The van der Waals surface area contributed by atoms with Gasteiger partial charge in [-0.05, 0) is 41.3 Å². The summed E-state index contributed by atoms with van der Waals surface area (Å²) in [6.45, 7) is 3.28. The number of ether oxygens (including phenoxy) is 2. The van der Waals surface area contributed by atoms with E-state index in [0.29, 0.717) is 6.61 Å². The molecule has 2 atom stereocenters. The van der Waals surface area contributed by atoms with E-state index in [1.165, 1.54) is 11.6 Å². The summed E-state index contributed by atoms with van der Waals surface area (Å²) in [4.78, 5) is 2.43. The van der Waals surface area contributed by atoms with Crippen molar-refractivity contribution in [1.82, 2.24) is 4.90 Å². The first-order valence-electron chi connectivity index (χ1n) is 10.5. The van der Waals surface area contributed by atoms with Crippen molar-refractivity contribution < 1.29 is 13.9 Å². The molecule has 0 radical (unpaired) electrons. The highest BCUT2D eigenvalue weighted by molar-refractivity contribution is 5.36. The van der Waals surface area contributed by atoms with E-state index in [1.54, 1.807) is 19.2 Å². The highest BCUT2D eigenvalue weighted by Gasteiger charge is 2.30. The number of para-hydroxylation sites is 1. The van der Waals surface area contributed by atoms with Gasteiger partial charge in [0.2, 0.25) is 0 Å². The first-order valence-corrected chi connectivity index (χ1v) is 10.5. The number of benzene rings is 3. The van der Waals surface area contributed by atoms with Crippen LogP contribution in [0.15, 0.2) is 78.9 Å². The second-order valence-electron chi connectivity index (χ2n) is 7.81. The maximum absolute atomic E-state index is 14.1. The van der Waals surface area contributed by atoms with Gasteiger partial charge in [-0.2, -0.15) is 0 Å². The van der Waals surface area contributed by atoms with Gasteiger partial charge in [0.1, 0.15) is 11.6 Å². The Morgan fingerprint density at radius 3 is 2.63 bits per heavy atom. The molecule has 30 heavy (non-hydrogen) atoms. The van der Waals surface area contributed by atoms with Crippen molar-refractivity contribution in [3.63, 3.8) is 0 Å². The van der Waals surface area contributed by atoms with Crippen LogP contribution in [0, 0.1) is 5.82 Å². The predicted molar refractivity (Wildman–Crippen MR) is 117 cm³/mol. The third kappa shape index (κ3) is 5.07. The number of nitrogens with zero attached hydrogens (tertiary/aromatic N) is 1. The fourth-order valence-corrected chi connectivity index (χ4v) is 4.27. The molecule has 1 aliphatic rings. The summed E-state index contributed by atoms with van der Waals surface area (Å²) in [5, 5.41) is 0. The number of hydrogen-bond donors (Lipinski definition) is 0. The van der Waals surface area contributed by atoms with Gasteiger partial charge >= 0.3 is 0 Å². The quantitative estimate of drug-likeness (QED) is 0.548. The van der Waals surface area contributed by atoms with E-state index in [-0.39, 0.29) is 17.8 Å². The van der Waals surface area contributed by atoms with Crippen LogP contribution in [-0.4, -0.2) is 37.8 Å². The Morgan fingerprint density at radius 1 is 1.03 bits per heavy atom. The molecule has 0 saturated carbocycles. The van der Waals surface area contributed by atoms with Crippen LogP contribution in [0.5, 0.6) is 5.75 Å². The van der Waals surface area contributed by atoms with E-state index in [0.717, 1.165) is 42.9 Å². The zero-order chi connectivity index (χ0) is 20.8. The van der Waals surface area contributed by atoms with Crippen molar-refractivity contribution in [3.8, 4) is 5.75 Å². The lowest BCUT2D eigenvalue weighted by molar-refractivity contribution is -0.0445. The highest BCUT2D eigenvalue weighted by atomic mass is 19.1. The van der Waals surface area contributed by atoms with E-state index >= 15 is 0 Å². The highest BCUT2D eigenvalue weighted by Crippen LogP contribution is 2.32. The zero-order valence-electron chi connectivity index (χ0n) is 17.3. The lowest BCUT2D eigenvalue weighted by atomic mass is 9.86. The third-order valence-electron chi connectivity index (χ3n) is 5.78. The Balaban J connectivity index is 1.58. The SMILES string of the molecule is COc1ccccc1CC(c1cccc(F)c1)[C@@H]1CN(Cc2ccccc2)CCO1. The number of methoxy groups -OCH3 is 1. The molecule has 156 valence electrons. The average molecular weight is 406 g/mol. The van der Waals surface area contributed by atoms with E-state index in [1.807, 2.05) is 30.3 Å². The first-order chi connectivity index (χ1) is 14.7. The minimum atomic E-state index is -0.213. The Morgan fingerprint density at radius 2 is 1.83 bits per heavy atom. The molecule has 1 aliphatic heterocycles. The maximum atomic E-state index is 14.1. The van der Waals surface area contributed by atoms with Gasteiger partial charge in [0, 0.05) is 25.6 Å². The van der Waals surface area contributed by atoms with Gasteiger partial charge in [0.25, 0.3) is 0 Å². The molecule has 1 fully saturated rings. The lowest BCUT2D eigenvalue weighted by Gasteiger charge is -2.37. The van der Waals surface area contributed by atoms with Crippen molar-refractivity contribution in [2.75, 3.05) is 26.8 Å². The van der Waals surface area contributed by atoms with Gasteiger partial charge < -0.3 is 9.47 Å². The molecular weight excluding hydrogens is 377 g/mol. The predicted octanol–water partition coefficient (Wildman–Crippen LogP) is 5.06. The molecule has 0 bridgehead atoms. The molecular formula is C26H28FNO2. The van der Waals surface area contributed by atoms with Gasteiger partial charge in [0.15, 0.2) is 0 Å². The van der Waals surface area contributed by atoms with Gasteiger partial charge in [-0.3, -0.25) is 4.90 Å². The topological polar surface area (TPSA) is 21.7 Å². The average Bonchev–Trinajstić information content (AvgIpc) is 2.78. The number of halogens is 1. The summed E-state index contributed by atoms with van der Waals surface area (Å²) in [6.07, 6.45) is 0.714. The second-order valence-corrected chi connectivity index (χ2v) is 7.81. The molecule has 0 aliphatic carbocycles. The zero-order valence-corrected chi connectivity index (χ0v) is 17.3. The number of morpholine rings is 1. The van der Waals surface area contributed by atoms with Crippen LogP contribution >= 0.6 is 0 Å². The van der Waals surface area contributed by atoms with Crippen LogP contribution in [0.4, 0.5) is 4.39 Å². The normalized spacial score (nSPS) is 18.1. The molecule has 0 spiro atoms. The fraction of sp³-hybridized carbons (Fsp3) is 0.308. The van der Waals surface area contributed by atoms with Crippen LogP contribution in [0.2, 0.25) is 0 Å². The summed E-state index contributed by atoms with van der Waals surface area (Å²) < 4.78 is 25.9. The van der Waals surface area contributed by atoms with Gasteiger partial charge in [-0.1, -0.05) is 60.7 Å². The Labute approximate surface area is 178 Å². The number of rotatable bonds is 7. The molecule has 4 rings (SSSR count). The van der Waals surface area contributed by atoms with E-state index < -0.39 is 0 Å². The van der Waals surface area contributed by atoms with Crippen molar-refractivity contribution in [3.05, 3.63) is 101 Å². The van der Waals surface area contributed by atoms with Crippen LogP contribution in [0.25, 0.3) is 0 Å². The maximum Gasteiger partial charge on any atom is 0.123 e. The van der Waals surface area contributed by atoms with Crippen molar-refractivity contribution in [1.29, 1.82) is 0 Å². The van der Waals surface area contributed by atoms with E-state index in [9.17, 15) is 4.39 Å². The van der Waals surface area contributed by atoms with E-state index in [2.05, 4.69) is 35.2 Å². The van der Waals surface area contributed by atoms with Gasteiger partial charge in [-0.25, -0.2) is 4.39 Å². The minimum Gasteiger partial charge on any atom is -0.496 e. The fourth-order valence-electron chi connectivity index (χ4n) is 4.27. The summed E-state index contributed by atoms with van der Waals surface area (Å²) in [5.41, 5.74) is 3.37. The van der Waals surface area contributed by atoms with Crippen LogP contribution in [0.1, 0.15) is 22.6 Å². The molecule has 3 aromatic rings. The Hall–Kier alpha value is -2.69. The van der Waals surface area contributed by atoms with E-state index in [4.69, 9.17) is 9.47 Å². The summed E-state index contributed by atoms with van der Waals surface area (Å²) >= 11 is 0. The molecule has 3 nitrogen and oxygen atoms in total. The summed E-state index contributed by atoms with van der Waals surface area (Å²) in [5.74, 6) is 0.681. The van der Waals surface area contributed by atoms with Crippen molar-refractivity contribution >= 4 is 0 Å². The molecule has 4 heteroatoms. The smallest absolute Gasteiger partial charge is 0.123 e. The molecule has 0 N–H and O–H groups in total. The molecule has 0 aromatic heterocycles. The standard InChI is InChI=1S/C26H28FNO2/c1-29-25-13-6-5-10-22(25)17-24(21-11-7-12-23(27)16-21)26-19-28(14-15-30-26)18-20-8-3-2-4-9-20/h2-13,16,24,26H,14-15,17-19H2,1H3/t24?,26-/m0/s1. The van der Waals surface area contributed by atoms with Gasteiger partial charge in [0.05, 0.1) is 19.8 Å². The molecule has 1 heterocycles. The molecule has 3 aromatic carbocycles. The molecule has 1 unspecified atom stereocenters. The summed E-state index contributed by atoms with van der Waals surface area (Å²) in [7, 11) is 1.69. The largest absolute Gasteiger partial charge is 0.496 e. The molecule has 0 amide bonds. The number of hydrogen-bond acceptors (Lipinski definition) is 3. The Kier molecular flexibility index (Phi) is 6.77. The Bertz CT molecular complexity index is 947. The lowest BCUT2D eigenvalue weighted by Crippen LogP contribution is -2.45. The summed E-state index contributed by atoms with van der Waals surface area (Å²) in [6, 6.07) is 25.5. The van der Waals surface area contributed by atoms with Crippen molar-refractivity contribution in [2.45, 2.75) is 25.0 Å². The van der Waals surface area contributed by atoms with Crippen LogP contribution < -0.4 is 4.74 Å². The van der Waals surface area contributed by atoms with Crippen LogP contribution in [0.3, 0.4) is 0 Å².